The van der Waals surface area contributed by atoms with E-state index in [-0.39, 0.29) is 4.90 Å². The summed E-state index contributed by atoms with van der Waals surface area (Å²) in [6.45, 7) is 4.12. The average Bonchev–Trinajstić information content (AvgIpc) is 2.47. The van der Waals surface area contributed by atoms with Crippen molar-refractivity contribution in [3.05, 3.63) is 11.9 Å². The second kappa shape index (κ2) is 3.44. The van der Waals surface area contributed by atoms with Crippen molar-refractivity contribution < 1.29 is 8.42 Å². The summed E-state index contributed by atoms with van der Waals surface area (Å²) in [5.74, 6) is 4.88. The Labute approximate surface area is 76.8 Å². The van der Waals surface area contributed by atoms with Crippen LogP contribution in [0.1, 0.15) is 12.6 Å². The molecule has 0 aliphatic rings. The van der Waals surface area contributed by atoms with Crippen LogP contribution in [0.5, 0.6) is 0 Å². The number of hydrogen-bond donors (Lipinski definition) is 2. The van der Waals surface area contributed by atoms with Crippen molar-refractivity contribution in [1.29, 1.82) is 0 Å². The topological polar surface area (TPSA) is 90.0 Å². The molecule has 1 heterocycles. The molecule has 0 radical (unpaired) electrons. The zero-order valence-electron chi connectivity index (χ0n) is 7.48. The lowest BCUT2D eigenvalue weighted by molar-refractivity contribution is 0.583. The summed E-state index contributed by atoms with van der Waals surface area (Å²) in [7, 11) is -3.57. The van der Waals surface area contributed by atoms with E-state index in [1.165, 1.54) is 6.20 Å². The molecule has 0 atom stereocenters. The summed E-state index contributed by atoms with van der Waals surface area (Å²) in [5, 5.41) is 3.99. The molecule has 0 saturated heterocycles. The molecule has 0 bridgehead atoms. The summed E-state index contributed by atoms with van der Waals surface area (Å²) in [5.41, 5.74) is 0.444. The maximum absolute atomic E-state index is 11.3. The largest absolute Gasteiger partial charge is 0.271 e. The van der Waals surface area contributed by atoms with Crippen LogP contribution in [-0.2, 0) is 16.6 Å². The van der Waals surface area contributed by atoms with Crippen molar-refractivity contribution in [3.8, 4) is 0 Å². The highest BCUT2D eigenvalue weighted by Crippen LogP contribution is 2.11. The van der Waals surface area contributed by atoms with E-state index in [9.17, 15) is 8.42 Å². The van der Waals surface area contributed by atoms with E-state index in [0.29, 0.717) is 12.2 Å². The summed E-state index contributed by atoms with van der Waals surface area (Å²) in [4.78, 5) is 1.88. The molecule has 0 saturated carbocycles. The highest BCUT2D eigenvalue weighted by Gasteiger charge is 2.17. The van der Waals surface area contributed by atoms with Crippen molar-refractivity contribution in [2.45, 2.75) is 25.3 Å². The Bertz CT molecular complexity index is 395. The molecule has 3 N–H and O–H groups in total. The molecular formula is C6H12N4O2S. The number of rotatable bonds is 3. The second-order valence-electron chi connectivity index (χ2n) is 2.56. The van der Waals surface area contributed by atoms with Crippen molar-refractivity contribution in [1.82, 2.24) is 14.6 Å². The van der Waals surface area contributed by atoms with Gasteiger partial charge in [-0.2, -0.15) is 5.10 Å². The van der Waals surface area contributed by atoms with Crippen molar-refractivity contribution in [2.75, 3.05) is 0 Å². The van der Waals surface area contributed by atoms with Gasteiger partial charge in [-0.3, -0.25) is 10.5 Å². The van der Waals surface area contributed by atoms with E-state index in [4.69, 9.17) is 5.84 Å². The minimum atomic E-state index is -3.57. The minimum Gasteiger partial charge on any atom is -0.271 e. The lowest BCUT2D eigenvalue weighted by Gasteiger charge is -1.97. The van der Waals surface area contributed by atoms with Gasteiger partial charge in [-0.1, -0.05) is 0 Å². The van der Waals surface area contributed by atoms with Crippen LogP contribution >= 0.6 is 0 Å². The zero-order chi connectivity index (χ0) is 10.1. The van der Waals surface area contributed by atoms with Gasteiger partial charge < -0.3 is 0 Å². The molecule has 0 unspecified atom stereocenters. The molecule has 1 aromatic heterocycles. The van der Waals surface area contributed by atoms with Gasteiger partial charge in [0.1, 0.15) is 4.90 Å². The third kappa shape index (κ3) is 1.87. The number of nitrogens with one attached hydrogen (secondary N) is 1. The first-order valence-electron chi connectivity index (χ1n) is 3.77. The fraction of sp³-hybridized carbons (Fsp3) is 0.500. The number of aryl methyl sites for hydroxylation is 2. The monoisotopic (exact) mass is 204 g/mol. The molecule has 0 aliphatic heterocycles. The second-order valence-corrected chi connectivity index (χ2v) is 4.24. The maximum atomic E-state index is 11.3. The van der Waals surface area contributed by atoms with Crippen LogP contribution < -0.4 is 10.7 Å². The Hall–Kier alpha value is -0.920. The Morgan fingerprint density at radius 1 is 1.69 bits per heavy atom. The summed E-state index contributed by atoms with van der Waals surface area (Å²) in [6, 6.07) is 0. The van der Waals surface area contributed by atoms with E-state index in [1.54, 1.807) is 16.4 Å². The third-order valence-corrected chi connectivity index (χ3v) is 2.96. The molecule has 0 aliphatic carbocycles. The van der Waals surface area contributed by atoms with Crippen LogP contribution in [0.15, 0.2) is 11.1 Å². The van der Waals surface area contributed by atoms with Crippen LogP contribution in [0.3, 0.4) is 0 Å². The van der Waals surface area contributed by atoms with Gasteiger partial charge in [0.2, 0.25) is 0 Å². The first-order valence-corrected chi connectivity index (χ1v) is 5.26. The normalized spacial score (nSPS) is 11.9. The molecule has 0 spiro atoms. The standard InChI is InChI=1S/C6H12N4O2S/c1-3-10-4-6(5(2)8-10)13(11,12)9-7/h4,9H,3,7H2,1-2H3. The number of sulfonamides is 1. The molecule has 0 fully saturated rings. The van der Waals surface area contributed by atoms with Gasteiger partial charge >= 0.3 is 0 Å². The Morgan fingerprint density at radius 3 is 2.69 bits per heavy atom. The number of hydrazine groups is 1. The minimum absolute atomic E-state index is 0.122. The highest BCUT2D eigenvalue weighted by atomic mass is 32.2. The third-order valence-electron chi connectivity index (χ3n) is 1.67. The molecule has 0 amide bonds. The van der Waals surface area contributed by atoms with Gasteiger partial charge in [-0.15, -0.1) is 4.83 Å². The van der Waals surface area contributed by atoms with E-state index in [2.05, 4.69) is 5.10 Å². The van der Waals surface area contributed by atoms with Crippen molar-refractivity contribution >= 4 is 10.0 Å². The lowest BCUT2D eigenvalue weighted by Crippen LogP contribution is -2.30. The lowest BCUT2D eigenvalue weighted by atomic mass is 10.5. The molecule has 13 heavy (non-hydrogen) atoms. The van der Waals surface area contributed by atoms with E-state index >= 15 is 0 Å². The molecule has 74 valence electrons. The quantitative estimate of drug-likeness (QED) is 0.506. The van der Waals surface area contributed by atoms with E-state index in [1.807, 2.05) is 6.92 Å². The molecule has 6 nitrogen and oxygen atoms in total. The van der Waals surface area contributed by atoms with E-state index in [0.717, 1.165) is 0 Å². The highest BCUT2D eigenvalue weighted by molar-refractivity contribution is 7.89. The predicted molar refractivity (Wildman–Crippen MR) is 47.1 cm³/mol. The SMILES string of the molecule is CCn1cc(S(=O)(=O)NN)c(C)n1. The van der Waals surface area contributed by atoms with Crippen LogP contribution in [0.4, 0.5) is 0 Å². The Morgan fingerprint density at radius 2 is 2.31 bits per heavy atom. The average molecular weight is 204 g/mol. The van der Waals surface area contributed by atoms with Crippen LogP contribution in [0.2, 0.25) is 0 Å². The first-order chi connectivity index (χ1) is 6.01. The van der Waals surface area contributed by atoms with Crippen LogP contribution in [-0.4, -0.2) is 18.2 Å². The van der Waals surface area contributed by atoms with E-state index < -0.39 is 10.0 Å². The summed E-state index contributed by atoms with van der Waals surface area (Å²) in [6.07, 6.45) is 1.45. The smallest absolute Gasteiger partial charge is 0.256 e. The fourth-order valence-corrected chi connectivity index (χ4v) is 1.81. The Kier molecular flexibility index (Phi) is 2.69. The predicted octanol–water partition coefficient (Wildman–Crippen LogP) is -0.637. The number of nitrogens with two attached hydrogens (primary N) is 1. The molecule has 1 aromatic rings. The zero-order valence-corrected chi connectivity index (χ0v) is 8.30. The summed E-state index contributed by atoms with van der Waals surface area (Å²) >= 11 is 0. The molecule has 0 aromatic carbocycles. The first kappa shape index (κ1) is 10.2. The van der Waals surface area contributed by atoms with Gasteiger partial charge in [-0.05, 0) is 13.8 Å². The van der Waals surface area contributed by atoms with Crippen LogP contribution in [0.25, 0.3) is 0 Å². The van der Waals surface area contributed by atoms with Gasteiger partial charge in [0, 0.05) is 12.7 Å². The van der Waals surface area contributed by atoms with Gasteiger partial charge in [0.15, 0.2) is 0 Å². The molecule has 1 rings (SSSR count). The van der Waals surface area contributed by atoms with Crippen molar-refractivity contribution in [2.24, 2.45) is 5.84 Å². The molecular weight excluding hydrogens is 192 g/mol. The van der Waals surface area contributed by atoms with Crippen LogP contribution in [0, 0.1) is 6.92 Å². The van der Waals surface area contributed by atoms with Gasteiger partial charge in [-0.25, -0.2) is 8.42 Å². The fourth-order valence-electron chi connectivity index (χ4n) is 0.989. The van der Waals surface area contributed by atoms with Gasteiger partial charge in [0.25, 0.3) is 10.0 Å². The number of hydrogen-bond acceptors (Lipinski definition) is 4. The van der Waals surface area contributed by atoms with Gasteiger partial charge in [0.05, 0.1) is 5.69 Å². The number of nitrogens with zero attached hydrogens (tertiary/aromatic N) is 2. The Balaban J connectivity index is 3.23. The van der Waals surface area contributed by atoms with Crippen molar-refractivity contribution in [3.63, 3.8) is 0 Å². The molecule has 7 heteroatoms. The number of aromatic nitrogens is 2. The summed E-state index contributed by atoms with van der Waals surface area (Å²) < 4.78 is 24.1. The maximum Gasteiger partial charge on any atom is 0.256 e.